The van der Waals surface area contributed by atoms with Gasteiger partial charge in [0.2, 0.25) is 0 Å². The minimum absolute atomic E-state index is 0.0529. The van der Waals surface area contributed by atoms with E-state index < -0.39 is 0 Å². The standard InChI is InChI=1S/C13H16N2O.C2H6/c1-10(9-16)15(3)13(14)11(2)12-7-5-4-6-8-12;1-2/h4-9,11,14H,1H2,2-3H3;1-2H3. The summed E-state index contributed by atoms with van der Waals surface area (Å²) in [6.07, 6.45) is 0.659. The number of nitrogens with one attached hydrogen (secondary N) is 1. The number of hydrogen-bond donors (Lipinski definition) is 1. The van der Waals surface area contributed by atoms with Gasteiger partial charge in [-0.2, -0.15) is 0 Å². The fraction of sp³-hybridized carbons (Fsp3) is 0.333. The number of nitrogens with zero attached hydrogens (tertiary/aromatic N) is 1. The summed E-state index contributed by atoms with van der Waals surface area (Å²) in [5, 5.41) is 7.98. The first-order valence-electron chi connectivity index (χ1n) is 6.09. The Morgan fingerprint density at radius 2 is 1.83 bits per heavy atom. The molecule has 0 bridgehead atoms. The lowest BCUT2D eigenvalue weighted by Crippen LogP contribution is -2.29. The van der Waals surface area contributed by atoms with E-state index in [2.05, 4.69) is 6.58 Å². The van der Waals surface area contributed by atoms with Gasteiger partial charge in [0.25, 0.3) is 0 Å². The molecule has 0 saturated carbocycles. The summed E-state index contributed by atoms with van der Waals surface area (Å²) in [6, 6.07) is 9.75. The normalized spacial score (nSPS) is 10.7. The molecule has 0 aliphatic heterocycles. The van der Waals surface area contributed by atoms with Crippen LogP contribution >= 0.6 is 0 Å². The van der Waals surface area contributed by atoms with Crippen molar-refractivity contribution in [1.29, 1.82) is 5.41 Å². The van der Waals surface area contributed by atoms with Crippen LogP contribution in [0, 0.1) is 5.41 Å². The van der Waals surface area contributed by atoms with Gasteiger partial charge in [0.05, 0.1) is 5.70 Å². The molecular formula is C15H22N2O. The molecule has 1 N–H and O–H groups in total. The molecule has 3 nitrogen and oxygen atoms in total. The van der Waals surface area contributed by atoms with E-state index in [9.17, 15) is 4.79 Å². The number of hydrogen-bond acceptors (Lipinski definition) is 2. The summed E-state index contributed by atoms with van der Waals surface area (Å²) in [4.78, 5) is 12.1. The smallest absolute Gasteiger partial charge is 0.165 e. The second-order valence-electron chi connectivity index (χ2n) is 3.69. The van der Waals surface area contributed by atoms with Gasteiger partial charge in [0, 0.05) is 13.0 Å². The number of carbonyl (C=O) groups is 1. The number of benzene rings is 1. The van der Waals surface area contributed by atoms with Gasteiger partial charge >= 0.3 is 0 Å². The van der Waals surface area contributed by atoms with E-state index in [0.717, 1.165) is 5.56 Å². The minimum Gasteiger partial charge on any atom is -0.331 e. The topological polar surface area (TPSA) is 44.2 Å². The maximum absolute atomic E-state index is 10.6. The molecule has 3 heteroatoms. The number of likely N-dealkylation sites (N-methyl/N-ethyl adjacent to an activating group) is 1. The highest BCUT2D eigenvalue weighted by Gasteiger charge is 2.16. The van der Waals surface area contributed by atoms with Crippen molar-refractivity contribution in [3.63, 3.8) is 0 Å². The molecule has 0 saturated heterocycles. The van der Waals surface area contributed by atoms with Crippen LogP contribution in [0.3, 0.4) is 0 Å². The Bertz CT molecular complexity index is 398. The summed E-state index contributed by atoms with van der Waals surface area (Å²) in [5.74, 6) is 0.311. The highest BCUT2D eigenvalue weighted by atomic mass is 16.1. The Morgan fingerprint density at radius 3 is 2.28 bits per heavy atom. The summed E-state index contributed by atoms with van der Waals surface area (Å²) in [6.45, 7) is 9.52. The van der Waals surface area contributed by atoms with Crippen LogP contribution in [0.1, 0.15) is 32.3 Å². The molecular weight excluding hydrogens is 224 g/mol. The molecule has 0 radical (unpaired) electrons. The van der Waals surface area contributed by atoms with Crippen LogP contribution in [0.25, 0.3) is 0 Å². The van der Waals surface area contributed by atoms with E-state index >= 15 is 0 Å². The predicted molar refractivity (Wildman–Crippen MR) is 76.9 cm³/mol. The van der Waals surface area contributed by atoms with Gasteiger partial charge in [-0.3, -0.25) is 10.2 Å². The van der Waals surface area contributed by atoms with Crippen LogP contribution in [-0.2, 0) is 4.79 Å². The lowest BCUT2D eigenvalue weighted by Gasteiger charge is -2.23. The zero-order valence-corrected chi connectivity index (χ0v) is 11.6. The molecule has 0 aliphatic rings. The summed E-state index contributed by atoms with van der Waals surface area (Å²) >= 11 is 0. The fourth-order valence-electron chi connectivity index (χ4n) is 1.42. The molecule has 18 heavy (non-hydrogen) atoms. The Labute approximate surface area is 110 Å². The van der Waals surface area contributed by atoms with Gasteiger partial charge in [-0.05, 0) is 5.56 Å². The number of carbonyl (C=O) groups excluding carboxylic acids is 1. The predicted octanol–water partition coefficient (Wildman–Crippen LogP) is 3.44. The van der Waals surface area contributed by atoms with E-state index in [1.165, 1.54) is 4.90 Å². The minimum atomic E-state index is -0.0529. The van der Waals surface area contributed by atoms with Gasteiger partial charge in [-0.25, -0.2) is 0 Å². The first-order valence-corrected chi connectivity index (χ1v) is 6.09. The Hall–Kier alpha value is -1.90. The molecule has 1 aromatic rings. The highest BCUT2D eigenvalue weighted by molar-refractivity contribution is 5.91. The van der Waals surface area contributed by atoms with E-state index in [-0.39, 0.29) is 5.92 Å². The SMILES string of the molecule is C=C(C=O)N(C)C(=N)C(C)c1ccccc1.CC. The van der Waals surface area contributed by atoms with Crippen molar-refractivity contribution in [2.45, 2.75) is 26.7 Å². The Morgan fingerprint density at radius 1 is 1.33 bits per heavy atom. The molecule has 1 aromatic carbocycles. The average Bonchev–Trinajstić information content (AvgIpc) is 2.47. The largest absolute Gasteiger partial charge is 0.331 e. The van der Waals surface area contributed by atoms with Crippen LogP contribution in [0.2, 0.25) is 0 Å². The first kappa shape index (κ1) is 16.1. The molecule has 1 rings (SSSR count). The summed E-state index contributed by atoms with van der Waals surface area (Å²) in [5.41, 5.74) is 1.35. The first-order chi connectivity index (χ1) is 8.57. The highest BCUT2D eigenvalue weighted by Crippen LogP contribution is 2.18. The van der Waals surface area contributed by atoms with Crippen molar-refractivity contribution in [3.8, 4) is 0 Å². The van der Waals surface area contributed by atoms with Gasteiger partial charge in [0.15, 0.2) is 6.29 Å². The molecule has 98 valence electrons. The number of aldehydes is 1. The van der Waals surface area contributed by atoms with Gasteiger partial charge < -0.3 is 4.90 Å². The quantitative estimate of drug-likeness (QED) is 0.383. The van der Waals surface area contributed by atoms with Crippen molar-refractivity contribution in [3.05, 3.63) is 48.2 Å². The average molecular weight is 246 g/mol. The van der Waals surface area contributed by atoms with E-state index in [4.69, 9.17) is 5.41 Å². The van der Waals surface area contributed by atoms with Crippen LogP contribution in [0.5, 0.6) is 0 Å². The van der Waals surface area contributed by atoms with E-state index in [0.29, 0.717) is 17.8 Å². The van der Waals surface area contributed by atoms with Gasteiger partial charge in [-0.15, -0.1) is 0 Å². The second-order valence-corrected chi connectivity index (χ2v) is 3.69. The van der Waals surface area contributed by atoms with Crippen molar-refractivity contribution < 1.29 is 4.79 Å². The van der Waals surface area contributed by atoms with Crippen molar-refractivity contribution in [1.82, 2.24) is 4.90 Å². The molecule has 0 heterocycles. The third-order valence-electron chi connectivity index (χ3n) is 2.64. The molecule has 0 amide bonds. The number of allylic oxidation sites excluding steroid dienone is 1. The van der Waals surface area contributed by atoms with Crippen molar-refractivity contribution in [2.24, 2.45) is 0 Å². The maximum Gasteiger partial charge on any atom is 0.165 e. The third-order valence-corrected chi connectivity index (χ3v) is 2.64. The molecule has 1 atom stereocenters. The van der Waals surface area contributed by atoms with Crippen LogP contribution in [-0.4, -0.2) is 24.1 Å². The second kappa shape index (κ2) is 8.23. The van der Waals surface area contributed by atoms with E-state index in [1.807, 2.05) is 51.1 Å². The zero-order valence-electron chi connectivity index (χ0n) is 11.6. The van der Waals surface area contributed by atoms with Crippen LogP contribution in [0.15, 0.2) is 42.6 Å². The number of rotatable bonds is 4. The Kier molecular flexibility index (Phi) is 7.36. The molecule has 0 fully saturated rings. The monoisotopic (exact) mass is 246 g/mol. The van der Waals surface area contributed by atoms with Gasteiger partial charge in [-0.1, -0.05) is 57.7 Å². The lowest BCUT2D eigenvalue weighted by molar-refractivity contribution is -0.105. The molecule has 1 unspecified atom stereocenters. The zero-order chi connectivity index (χ0) is 14.1. The van der Waals surface area contributed by atoms with Gasteiger partial charge in [0.1, 0.15) is 5.84 Å². The fourth-order valence-corrected chi connectivity index (χ4v) is 1.42. The summed E-state index contributed by atoms with van der Waals surface area (Å²) in [7, 11) is 1.68. The van der Waals surface area contributed by atoms with Crippen molar-refractivity contribution >= 4 is 12.1 Å². The maximum atomic E-state index is 10.6. The van der Waals surface area contributed by atoms with Crippen LogP contribution in [0.4, 0.5) is 0 Å². The summed E-state index contributed by atoms with van der Waals surface area (Å²) < 4.78 is 0. The Balaban J connectivity index is 0.00000137. The molecule has 0 aliphatic carbocycles. The third kappa shape index (κ3) is 4.17. The molecule has 0 aromatic heterocycles. The van der Waals surface area contributed by atoms with Crippen LogP contribution < -0.4 is 0 Å². The van der Waals surface area contributed by atoms with E-state index in [1.54, 1.807) is 7.05 Å². The molecule has 0 spiro atoms. The number of amidine groups is 1. The van der Waals surface area contributed by atoms with Crippen molar-refractivity contribution in [2.75, 3.05) is 7.05 Å². The lowest BCUT2D eigenvalue weighted by atomic mass is 9.99.